The predicted octanol–water partition coefficient (Wildman–Crippen LogP) is 0.242. The molecule has 0 aliphatic heterocycles. The number of anilines is 1. The summed E-state index contributed by atoms with van der Waals surface area (Å²) in [6.45, 7) is 1.56. The summed E-state index contributed by atoms with van der Waals surface area (Å²) in [7, 11) is 0. The summed E-state index contributed by atoms with van der Waals surface area (Å²) < 4.78 is 0. The number of benzene rings is 1. The van der Waals surface area contributed by atoms with Crippen molar-refractivity contribution in [1.29, 1.82) is 0 Å². The molecule has 0 bridgehead atoms. The first kappa shape index (κ1) is 11.3. The highest BCUT2D eigenvalue weighted by Crippen LogP contribution is 2.18. The van der Waals surface area contributed by atoms with Gasteiger partial charge in [0, 0.05) is 13.0 Å². The zero-order valence-corrected chi connectivity index (χ0v) is 8.47. The predicted molar refractivity (Wildman–Crippen MR) is 56.4 cm³/mol. The molecule has 0 radical (unpaired) electrons. The molecule has 0 saturated heterocycles. The van der Waals surface area contributed by atoms with E-state index >= 15 is 0 Å². The molecule has 0 spiro atoms. The van der Waals surface area contributed by atoms with Gasteiger partial charge in [0.25, 0.3) is 0 Å². The summed E-state index contributed by atoms with van der Waals surface area (Å²) in [6.07, 6.45) is 0. The van der Waals surface area contributed by atoms with Crippen molar-refractivity contribution < 1.29 is 15.0 Å². The Morgan fingerprint density at radius 1 is 1.53 bits per heavy atom. The van der Waals surface area contributed by atoms with Crippen LogP contribution in [0.1, 0.15) is 6.92 Å². The van der Waals surface area contributed by atoms with Gasteiger partial charge >= 0.3 is 0 Å². The molecule has 0 aliphatic rings. The number of aliphatic hydroxyl groups is 1. The number of carbonyl (C=O) groups is 1. The highest BCUT2D eigenvalue weighted by atomic mass is 16.3. The Morgan fingerprint density at radius 3 is 2.80 bits per heavy atom. The normalized spacial score (nSPS) is 9.73. The number of hydrazine groups is 1. The van der Waals surface area contributed by atoms with Crippen LogP contribution in [-0.2, 0) is 4.79 Å². The molecule has 1 amide bonds. The highest BCUT2D eigenvalue weighted by Gasteiger charge is 2.07. The molecule has 82 valence electrons. The third-order valence-electron chi connectivity index (χ3n) is 1.76. The van der Waals surface area contributed by atoms with Crippen LogP contribution in [0, 0.1) is 0 Å². The minimum Gasteiger partial charge on any atom is -0.508 e. The van der Waals surface area contributed by atoms with Gasteiger partial charge in [0.2, 0.25) is 5.91 Å². The molecular formula is C10H14N2O3. The minimum absolute atomic E-state index is 0.0874. The van der Waals surface area contributed by atoms with Crippen molar-refractivity contribution in [3.05, 3.63) is 24.3 Å². The van der Waals surface area contributed by atoms with Gasteiger partial charge in [-0.2, -0.15) is 0 Å². The second kappa shape index (κ2) is 5.21. The van der Waals surface area contributed by atoms with E-state index in [9.17, 15) is 9.90 Å². The highest BCUT2D eigenvalue weighted by molar-refractivity contribution is 5.75. The average Bonchev–Trinajstić information content (AvgIpc) is 2.16. The standard InChI is InChI=1S/C10H14N2O3/c1-8(14)11-12(5-6-13)9-3-2-4-10(15)7-9/h2-4,7,13,15H,5-6H2,1H3,(H,11,14). The fourth-order valence-electron chi connectivity index (χ4n) is 1.20. The molecule has 0 atom stereocenters. The molecule has 0 saturated carbocycles. The van der Waals surface area contributed by atoms with Crippen LogP contribution in [0.5, 0.6) is 5.75 Å². The number of nitrogens with zero attached hydrogens (tertiary/aromatic N) is 1. The van der Waals surface area contributed by atoms with E-state index in [1.165, 1.54) is 24.1 Å². The monoisotopic (exact) mass is 210 g/mol. The Hall–Kier alpha value is -1.75. The Balaban J connectivity index is 2.83. The Morgan fingerprint density at radius 2 is 2.27 bits per heavy atom. The fraction of sp³-hybridized carbons (Fsp3) is 0.300. The largest absolute Gasteiger partial charge is 0.508 e. The summed E-state index contributed by atoms with van der Waals surface area (Å²) in [5.41, 5.74) is 3.17. The first-order chi connectivity index (χ1) is 7.13. The van der Waals surface area contributed by atoms with E-state index in [1.807, 2.05) is 0 Å². The molecular weight excluding hydrogens is 196 g/mol. The maximum atomic E-state index is 10.9. The maximum Gasteiger partial charge on any atom is 0.235 e. The van der Waals surface area contributed by atoms with Gasteiger partial charge in [-0.3, -0.25) is 15.2 Å². The number of hydrogen-bond donors (Lipinski definition) is 3. The number of aliphatic hydroxyl groups excluding tert-OH is 1. The number of phenolic OH excluding ortho intramolecular Hbond substituents is 1. The van der Waals surface area contributed by atoms with E-state index in [0.717, 1.165) is 0 Å². The second-order valence-corrected chi connectivity index (χ2v) is 3.06. The number of carbonyl (C=O) groups excluding carboxylic acids is 1. The molecule has 0 heterocycles. The third kappa shape index (κ3) is 3.47. The average molecular weight is 210 g/mol. The van der Waals surface area contributed by atoms with Gasteiger partial charge in [-0.05, 0) is 12.1 Å². The SMILES string of the molecule is CC(=O)NN(CCO)c1cccc(O)c1. The molecule has 15 heavy (non-hydrogen) atoms. The molecule has 0 fully saturated rings. The summed E-state index contributed by atoms with van der Waals surface area (Å²) in [5.74, 6) is -0.118. The van der Waals surface area contributed by atoms with Crippen LogP contribution >= 0.6 is 0 Å². The van der Waals surface area contributed by atoms with E-state index in [4.69, 9.17) is 5.11 Å². The van der Waals surface area contributed by atoms with Gasteiger partial charge in [0.15, 0.2) is 0 Å². The van der Waals surface area contributed by atoms with Crippen molar-refractivity contribution in [3.63, 3.8) is 0 Å². The van der Waals surface area contributed by atoms with Gasteiger partial charge in [0.05, 0.1) is 18.8 Å². The van der Waals surface area contributed by atoms with E-state index in [-0.39, 0.29) is 24.8 Å². The second-order valence-electron chi connectivity index (χ2n) is 3.06. The quantitative estimate of drug-likeness (QED) is 0.622. The van der Waals surface area contributed by atoms with Crippen molar-refractivity contribution >= 4 is 11.6 Å². The van der Waals surface area contributed by atoms with E-state index in [2.05, 4.69) is 5.43 Å². The molecule has 5 nitrogen and oxygen atoms in total. The summed E-state index contributed by atoms with van der Waals surface area (Å²) in [6, 6.07) is 6.43. The Labute approximate surface area is 87.9 Å². The minimum atomic E-state index is -0.230. The smallest absolute Gasteiger partial charge is 0.235 e. The van der Waals surface area contributed by atoms with Crippen LogP contribution in [0.3, 0.4) is 0 Å². The molecule has 5 heteroatoms. The lowest BCUT2D eigenvalue weighted by molar-refractivity contribution is -0.119. The number of phenols is 1. The van der Waals surface area contributed by atoms with Crippen LogP contribution in [0.25, 0.3) is 0 Å². The first-order valence-electron chi connectivity index (χ1n) is 4.58. The number of hydrogen-bond acceptors (Lipinski definition) is 4. The van der Waals surface area contributed by atoms with Crippen LogP contribution < -0.4 is 10.4 Å². The Kier molecular flexibility index (Phi) is 3.93. The third-order valence-corrected chi connectivity index (χ3v) is 1.76. The van der Waals surface area contributed by atoms with E-state index in [1.54, 1.807) is 12.1 Å². The number of rotatable bonds is 4. The maximum absolute atomic E-state index is 10.9. The van der Waals surface area contributed by atoms with E-state index in [0.29, 0.717) is 5.69 Å². The molecule has 1 aromatic rings. The number of aromatic hydroxyl groups is 1. The summed E-state index contributed by atoms with van der Waals surface area (Å²) in [4.78, 5) is 10.9. The van der Waals surface area contributed by atoms with Crippen LogP contribution in [-0.4, -0.2) is 29.3 Å². The van der Waals surface area contributed by atoms with Crippen LogP contribution in [0.2, 0.25) is 0 Å². The van der Waals surface area contributed by atoms with Crippen LogP contribution in [0.4, 0.5) is 5.69 Å². The summed E-state index contributed by atoms with van der Waals surface area (Å²) >= 11 is 0. The Bertz CT molecular complexity index is 341. The molecule has 0 aliphatic carbocycles. The van der Waals surface area contributed by atoms with Gasteiger partial charge in [-0.1, -0.05) is 6.07 Å². The van der Waals surface area contributed by atoms with Crippen LogP contribution in [0.15, 0.2) is 24.3 Å². The first-order valence-corrected chi connectivity index (χ1v) is 4.58. The number of nitrogens with one attached hydrogen (secondary N) is 1. The van der Waals surface area contributed by atoms with Gasteiger partial charge in [-0.25, -0.2) is 0 Å². The van der Waals surface area contributed by atoms with Crippen molar-refractivity contribution in [2.24, 2.45) is 0 Å². The van der Waals surface area contributed by atoms with Gasteiger partial charge in [-0.15, -0.1) is 0 Å². The van der Waals surface area contributed by atoms with Crippen molar-refractivity contribution in [2.45, 2.75) is 6.92 Å². The van der Waals surface area contributed by atoms with Crippen molar-refractivity contribution in [2.75, 3.05) is 18.2 Å². The lowest BCUT2D eigenvalue weighted by atomic mass is 10.3. The fourth-order valence-corrected chi connectivity index (χ4v) is 1.20. The molecule has 1 rings (SSSR count). The molecule has 0 aromatic heterocycles. The van der Waals surface area contributed by atoms with Gasteiger partial charge in [0.1, 0.15) is 5.75 Å². The zero-order valence-electron chi connectivity index (χ0n) is 8.47. The van der Waals surface area contributed by atoms with Crippen molar-refractivity contribution in [1.82, 2.24) is 5.43 Å². The van der Waals surface area contributed by atoms with Crippen molar-refractivity contribution in [3.8, 4) is 5.75 Å². The molecule has 1 aromatic carbocycles. The van der Waals surface area contributed by atoms with Gasteiger partial charge < -0.3 is 10.2 Å². The number of amides is 1. The molecule has 0 unspecified atom stereocenters. The lowest BCUT2D eigenvalue weighted by Crippen LogP contribution is -2.42. The molecule has 3 N–H and O–H groups in total. The summed E-state index contributed by atoms with van der Waals surface area (Å²) in [5, 5.41) is 19.6. The van der Waals surface area contributed by atoms with E-state index < -0.39 is 0 Å². The zero-order chi connectivity index (χ0) is 11.3. The lowest BCUT2D eigenvalue weighted by Gasteiger charge is -2.23. The topological polar surface area (TPSA) is 72.8 Å².